The quantitative estimate of drug-likeness (QED) is 0.790. The smallest absolute Gasteiger partial charge is 0.119 e. The first kappa shape index (κ1) is 12.6. The highest BCUT2D eigenvalue weighted by Gasteiger charge is 1.96. The number of aryl methyl sites for hydroxylation is 2. The van der Waals surface area contributed by atoms with Crippen molar-refractivity contribution in [3.05, 3.63) is 47.8 Å². The summed E-state index contributed by atoms with van der Waals surface area (Å²) in [6.07, 6.45) is 1.94. The second kappa shape index (κ2) is 6.21. The van der Waals surface area contributed by atoms with Crippen molar-refractivity contribution in [1.29, 1.82) is 0 Å². The molecule has 0 amide bonds. The van der Waals surface area contributed by atoms with Gasteiger partial charge in [0.2, 0.25) is 0 Å². The van der Waals surface area contributed by atoms with Crippen LogP contribution in [0.15, 0.2) is 36.5 Å². The summed E-state index contributed by atoms with van der Waals surface area (Å²) in [5.41, 5.74) is 2.27. The van der Waals surface area contributed by atoms with Gasteiger partial charge in [-0.2, -0.15) is 5.10 Å². The number of aromatic nitrogens is 2. The minimum Gasteiger partial charge on any atom is -0.492 e. The minimum absolute atomic E-state index is 0.663. The van der Waals surface area contributed by atoms with Gasteiger partial charge in [0, 0.05) is 26.3 Å². The Labute approximate surface area is 108 Å². The van der Waals surface area contributed by atoms with E-state index in [1.807, 2.05) is 37.5 Å². The number of hydrogen-bond donors (Lipinski definition) is 1. The largest absolute Gasteiger partial charge is 0.492 e. The van der Waals surface area contributed by atoms with E-state index in [0.29, 0.717) is 6.61 Å². The molecule has 0 spiro atoms. The van der Waals surface area contributed by atoms with Gasteiger partial charge in [-0.1, -0.05) is 12.1 Å². The molecule has 0 saturated heterocycles. The third-order valence-corrected chi connectivity index (χ3v) is 2.61. The van der Waals surface area contributed by atoms with Crippen LogP contribution in [0.4, 0.5) is 0 Å². The summed E-state index contributed by atoms with van der Waals surface area (Å²) in [4.78, 5) is 0. The van der Waals surface area contributed by atoms with Crippen LogP contribution in [-0.2, 0) is 13.6 Å². The molecule has 1 N–H and O–H groups in total. The average molecular weight is 245 g/mol. The molecule has 1 aromatic carbocycles. The molecule has 96 valence electrons. The number of hydrogen-bond acceptors (Lipinski definition) is 3. The van der Waals surface area contributed by atoms with Crippen LogP contribution in [-0.4, -0.2) is 22.9 Å². The van der Waals surface area contributed by atoms with E-state index in [1.54, 1.807) is 4.68 Å². The van der Waals surface area contributed by atoms with Gasteiger partial charge in [0.05, 0.1) is 5.69 Å². The van der Waals surface area contributed by atoms with Gasteiger partial charge in [0.1, 0.15) is 12.4 Å². The zero-order valence-corrected chi connectivity index (χ0v) is 10.9. The molecule has 0 aliphatic carbocycles. The van der Waals surface area contributed by atoms with E-state index in [0.717, 1.165) is 24.5 Å². The van der Waals surface area contributed by atoms with Crippen LogP contribution >= 0.6 is 0 Å². The van der Waals surface area contributed by atoms with Crippen LogP contribution in [0, 0.1) is 6.92 Å². The van der Waals surface area contributed by atoms with E-state index in [1.165, 1.54) is 5.56 Å². The third kappa shape index (κ3) is 3.89. The molecule has 0 atom stereocenters. The molecule has 1 aromatic heterocycles. The van der Waals surface area contributed by atoms with Gasteiger partial charge in [-0.05, 0) is 30.7 Å². The molecule has 0 unspecified atom stereocenters. The Balaban J connectivity index is 1.64. The maximum atomic E-state index is 5.64. The van der Waals surface area contributed by atoms with Crippen molar-refractivity contribution in [3.8, 4) is 5.75 Å². The summed E-state index contributed by atoms with van der Waals surface area (Å²) >= 11 is 0. The van der Waals surface area contributed by atoms with Crippen LogP contribution in [0.5, 0.6) is 5.75 Å². The molecule has 2 aromatic rings. The summed E-state index contributed by atoms with van der Waals surface area (Å²) < 4.78 is 7.45. The first-order chi connectivity index (χ1) is 8.74. The molecule has 0 bridgehead atoms. The number of benzene rings is 1. The van der Waals surface area contributed by atoms with E-state index in [4.69, 9.17) is 4.74 Å². The molecule has 0 radical (unpaired) electrons. The van der Waals surface area contributed by atoms with Crippen LogP contribution in [0.1, 0.15) is 11.3 Å². The lowest BCUT2D eigenvalue weighted by Gasteiger charge is -2.07. The number of nitrogens with one attached hydrogen (secondary N) is 1. The van der Waals surface area contributed by atoms with Crippen molar-refractivity contribution in [2.75, 3.05) is 13.2 Å². The zero-order chi connectivity index (χ0) is 12.8. The van der Waals surface area contributed by atoms with Crippen molar-refractivity contribution >= 4 is 0 Å². The van der Waals surface area contributed by atoms with Gasteiger partial charge in [-0.3, -0.25) is 4.68 Å². The van der Waals surface area contributed by atoms with Gasteiger partial charge in [0.15, 0.2) is 0 Å². The fourth-order valence-corrected chi connectivity index (χ4v) is 1.72. The second-order valence-electron chi connectivity index (χ2n) is 4.32. The highest BCUT2D eigenvalue weighted by Crippen LogP contribution is 2.11. The lowest BCUT2D eigenvalue weighted by molar-refractivity contribution is 0.313. The summed E-state index contributed by atoms with van der Waals surface area (Å²) in [5.74, 6) is 0.926. The Morgan fingerprint density at radius 1 is 1.33 bits per heavy atom. The first-order valence-corrected chi connectivity index (χ1v) is 6.13. The summed E-state index contributed by atoms with van der Waals surface area (Å²) in [7, 11) is 1.92. The van der Waals surface area contributed by atoms with Crippen LogP contribution in [0.3, 0.4) is 0 Å². The maximum Gasteiger partial charge on any atom is 0.119 e. The Morgan fingerprint density at radius 2 is 2.22 bits per heavy atom. The predicted octanol–water partition coefficient (Wildman–Crippen LogP) is 1.90. The highest BCUT2D eigenvalue weighted by atomic mass is 16.5. The molecular formula is C14H19N3O. The topological polar surface area (TPSA) is 39.1 Å². The second-order valence-corrected chi connectivity index (χ2v) is 4.32. The monoisotopic (exact) mass is 245 g/mol. The van der Waals surface area contributed by atoms with Crippen molar-refractivity contribution in [3.63, 3.8) is 0 Å². The van der Waals surface area contributed by atoms with E-state index >= 15 is 0 Å². The van der Waals surface area contributed by atoms with E-state index in [-0.39, 0.29) is 0 Å². The summed E-state index contributed by atoms with van der Waals surface area (Å²) in [6, 6.07) is 10.1. The fraction of sp³-hybridized carbons (Fsp3) is 0.357. The van der Waals surface area contributed by atoms with Crippen LogP contribution < -0.4 is 10.1 Å². The van der Waals surface area contributed by atoms with E-state index in [9.17, 15) is 0 Å². The number of ether oxygens (including phenoxy) is 1. The first-order valence-electron chi connectivity index (χ1n) is 6.13. The standard InChI is InChI=1S/C14H19N3O/c1-12-4-3-5-14(10-12)18-9-7-15-11-13-6-8-17(2)16-13/h3-6,8,10,15H,7,9,11H2,1-2H3. The van der Waals surface area contributed by atoms with Gasteiger partial charge in [0.25, 0.3) is 0 Å². The summed E-state index contributed by atoms with van der Waals surface area (Å²) in [6.45, 7) is 4.31. The van der Waals surface area contributed by atoms with Crippen LogP contribution in [0.25, 0.3) is 0 Å². The zero-order valence-electron chi connectivity index (χ0n) is 10.9. The Morgan fingerprint density at radius 3 is 2.94 bits per heavy atom. The normalized spacial score (nSPS) is 10.6. The molecule has 18 heavy (non-hydrogen) atoms. The molecule has 4 nitrogen and oxygen atoms in total. The van der Waals surface area contributed by atoms with E-state index < -0.39 is 0 Å². The maximum absolute atomic E-state index is 5.64. The Kier molecular flexibility index (Phi) is 4.36. The fourth-order valence-electron chi connectivity index (χ4n) is 1.72. The van der Waals surface area contributed by atoms with Gasteiger partial charge in [-0.25, -0.2) is 0 Å². The van der Waals surface area contributed by atoms with Crippen molar-refractivity contribution in [2.24, 2.45) is 7.05 Å². The molecule has 0 aliphatic rings. The SMILES string of the molecule is Cc1cccc(OCCNCc2ccn(C)n2)c1. The molecule has 1 heterocycles. The Bertz CT molecular complexity index is 493. The van der Waals surface area contributed by atoms with Gasteiger partial charge in [-0.15, -0.1) is 0 Å². The molecule has 0 aliphatic heterocycles. The van der Waals surface area contributed by atoms with Crippen LogP contribution in [0.2, 0.25) is 0 Å². The van der Waals surface area contributed by atoms with Gasteiger partial charge < -0.3 is 10.1 Å². The minimum atomic E-state index is 0.663. The lowest BCUT2D eigenvalue weighted by atomic mass is 10.2. The van der Waals surface area contributed by atoms with Gasteiger partial charge >= 0.3 is 0 Å². The van der Waals surface area contributed by atoms with Crippen molar-refractivity contribution < 1.29 is 4.74 Å². The third-order valence-electron chi connectivity index (χ3n) is 2.61. The molecule has 0 saturated carbocycles. The van der Waals surface area contributed by atoms with E-state index in [2.05, 4.69) is 23.4 Å². The highest BCUT2D eigenvalue weighted by molar-refractivity contribution is 5.27. The predicted molar refractivity (Wildman–Crippen MR) is 71.6 cm³/mol. The number of nitrogens with zero attached hydrogens (tertiary/aromatic N) is 2. The molecule has 4 heteroatoms. The van der Waals surface area contributed by atoms with Crippen molar-refractivity contribution in [2.45, 2.75) is 13.5 Å². The molecular weight excluding hydrogens is 226 g/mol. The molecule has 0 fully saturated rings. The molecule has 2 rings (SSSR count). The number of rotatable bonds is 6. The lowest BCUT2D eigenvalue weighted by Crippen LogP contribution is -2.20. The van der Waals surface area contributed by atoms with Crippen molar-refractivity contribution in [1.82, 2.24) is 15.1 Å². The Hall–Kier alpha value is -1.81. The summed E-state index contributed by atoms with van der Waals surface area (Å²) in [5, 5.41) is 7.59. The average Bonchev–Trinajstić information content (AvgIpc) is 2.75.